The van der Waals surface area contributed by atoms with Crippen LogP contribution in [-0.4, -0.2) is 25.5 Å². The third kappa shape index (κ3) is 3.12. The van der Waals surface area contributed by atoms with E-state index < -0.39 is 0 Å². The van der Waals surface area contributed by atoms with Gasteiger partial charge in [-0.3, -0.25) is 9.20 Å². The molecule has 6 heteroatoms. The van der Waals surface area contributed by atoms with Crippen molar-refractivity contribution in [3.05, 3.63) is 64.5 Å². The topological polar surface area (TPSA) is 63.1 Å². The Hall–Kier alpha value is -3.04. The van der Waals surface area contributed by atoms with Crippen LogP contribution in [0.25, 0.3) is 16.7 Å². The van der Waals surface area contributed by atoms with Crippen molar-refractivity contribution in [2.45, 2.75) is 32.2 Å². The van der Waals surface area contributed by atoms with E-state index in [9.17, 15) is 10.1 Å². The number of fused-ring (bicyclic) bond motifs is 3. The Morgan fingerprint density at radius 2 is 2.00 bits per heavy atom. The Balaban J connectivity index is 1.80. The molecule has 4 rings (SSSR count). The molecule has 3 aromatic heterocycles. The number of rotatable bonds is 5. The van der Waals surface area contributed by atoms with E-state index in [4.69, 9.17) is 4.98 Å². The highest BCUT2D eigenvalue weighted by molar-refractivity contribution is 8.00. The van der Waals surface area contributed by atoms with E-state index in [1.807, 2.05) is 73.2 Å². The van der Waals surface area contributed by atoms with E-state index in [1.165, 1.54) is 11.8 Å². The number of hydrogen-bond acceptors (Lipinski definition) is 4. The first-order valence-electron chi connectivity index (χ1n) is 9.58. The molecule has 1 aromatic carbocycles. The molecule has 29 heavy (non-hydrogen) atoms. The van der Waals surface area contributed by atoms with Gasteiger partial charge in [0.2, 0.25) is 0 Å². The number of imidazole rings is 1. The fourth-order valence-electron chi connectivity index (χ4n) is 3.71. The largest absolute Gasteiger partial charge is 0.351 e. The summed E-state index contributed by atoms with van der Waals surface area (Å²) in [7, 11) is 1.98. The summed E-state index contributed by atoms with van der Waals surface area (Å²) in [5.74, 6) is 0.442. The van der Waals surface area contributed by atoms with Gasteiger partial charge in [-0.2, -0.15) is 5.26 Å². The highest BCUT2D eigenvalue weighted by Crippen LogP contribution is 2.30. The number of hydrogen-bond donors (Lipinski definition) is 0. The Morgan fingerprint density at radius 3 is 2.66 bits per heavy atom. The second-order valence-electron chi connectivity index (χ2n) is 7.16. The summed E-state index contributed by atoms with van der Waals surface area (Å²) in [6, 6.07) is 14.2. The summed E-state index contributed by atoms with van der Waals surface area (Å²) >= 11 is 1.50. The predicted octanol–water partition coefficient (Wildman–Crippen LogP) is 4.85. The van der Waals surface area contributed by atoms with Crippen molar-refractivity contribution in [2.24, 2.45) is 7.05 Å². The summed E-state index contributed by atoms with van der Waals surface area (Å²) in [5, 5.41) is 10.7. The minimum Gasteiger partial charge on any atom is -0.351 e. The van der Waals surface area contributed by atoms with Gasteiger partial charge >= 0.3 is 0 Å². The molecular formula is C23H22N4OS. The number of aryl methyl sites for hydroxylation is 2. The van der Waals surface area contributed by atoms with Crippen LogP contribution in [0.4, 0.5) is 0 Å². The molecule has 0 unspecified atom stereocenters. The number of para-hydroxylation sites is 2. The number of carbonyl (C=O) groups is 1. The Labute approximate surface area is 174 Å². The standard InChI is InChI=1S/C23H22N4OS/c1-5-16-11-22(29-13-21(28)17-10-14(2)26(4)15(17)3)27-20-9-7-6-8-19(20)25-23(27)18(16)12-24/h6-11H,5,13H2,1-4H3. The SMILES string of the molecule is CCc1cc(SCC(=O)c2cc(C)n(C)c2C)n2c(nc3ccccc32)c1C#N. The maximum atomic E-state index is 12.9. The van der Waals surface area contributed by atoms with Crippen LogP contribution < -0.4 is 0 Å². The molecule has 0 aliphatic heterocycles. The average molecular weight is 403 g/mol. The van der Waals surface area contributed by atoms with Gasteiger partial charge in [-0.1, -0.05) is 30.8 Å². The highest BCUT2D eigenvalue weighted by atomic mass is 32.2. The number of benzene rings is 1. The first kappa shape index (κ1) is 19.3. The lowest BCUT2D eigenvalue weighted by atomic mass is 10.1. The molecule has 0 aliphatic rings. The van der Waals surface area contributed by atoms with Gasteiger partial charge in [-0.05, 0) is 50.1 Å². The predicted molar refractivity (Wildman–Crippen MR) is 117 cm³/mol. The second-order valence-corrected chi connectivity index (χ2v) is 8.16. The number of nitriles is 1. The molecule has 0 fully saturated rings. The van der Waals surface area contributed by atoms with Crippen LogP contribution in [-0.2, 0) is 13.5 Å². The fraction of sp³-hybridized carbons (Fsp3) is 0.261. The lowest BCUT2D eigenvalue weighted by Gasteiger charge is -2.11. The van der Waals surface area contributed by atoms with Crippen molar-refractivity contribution in [2.75, 3.05) is 5.75 Å². The Kier molecular flexibility index (Phi) is 4.93. The Bertz CT molecular complexity index is 1310. The zero-order chi connectivity index (χ0) is 20.7. The van der Waals surface area contributed by atoms with Crippen molar-refractivity contribution >= 4 is 34.2 Å². The molecule has 0 bridgehead atoms. The van der Waals surface area contributed by atoms with E-state index >= 15 is 0 Å². The molecule has 5 nitrogen and oxygen atoms in total. The summed E-state index contributed by atoms with van der Waals surface area (Å²) in [6.45, 7) is 6.01. The van der Waals surface area contributed by atoms with Crippen LogP contribution in [0.2, 0.25) is 0 Å². The monoisotopic (exact) mass is 402 g/mol. The van der Waals surface area contributed by atoms with Crippen molar-refractivity contribution in [1.29, 1.82) is 5.26 Å². The van der Waals surface area contributed by atoms with Crippen molar-refractivity contribution < 1.29 is 4.79 Å². The van der Waals surface area contributed by atoms with Gasteiger partial charge in [-0.25, -0.2) is 4.98 Å². The molecule has 0 spiro atoms. The van der Waals surface area contributed by atoms with Crippen LogP contribution in [0.15, 0.2) is 41.4 Å². The van der Waals surface area contributed by atoms with Crippen molar-refractivity contribution in [3.8, 4) is 6.07 Å². The summed E-state index contributed by atoms with van der Waals surface area (Å²) in [4.78, 5) is 17.6. The second kappa shape index (κ2) is 7.41. The van der Waals surface area contributed by atoms with E-state index in [2.05, 4.69) is 6.07 Å². The van der Waals surface area contributed by atoms with Gasteiger partial charge in [0.1, 0.15) is 6.07 Å². The van der Waals surface area contributed by atoms with Gasteiger partial charge in [0.25, 0.3) is 0 Å². The van der Waals surface area contributed by atoms with E-state index in [0.29, 0.717) is 17.0 Å². The minimum atomic E-state index is 0.108. The minimum absolute atomic E-state index is 0.108. The van der Waals surface area contributed by atoms with Crippen molar-refractivity contribution in [1.82, 2.24) is 14.0 Å². The first-order chi connectivity index (χ1) is 14.0. The van der Waals surface area contributed by atoms with Crippen LogP contribution in [0.1, 0.15) is 39.8 Å². The van der Waals surface area contributed by atoms with Gasteiger partial charge < -0.3 is 4.57 Å². The number of ketones is 1. The molecule has 0 aliphatic carbocycles. The molecule has 0 radical (unpaired) electrons. The molecule has 0 atom stereocenters. The zero-order valence-corrected chi connectivity index (χ0v) is 17.8. The maximum Gasteiger partial charge on any atom is 0.174 e. The number of nitrogens with zero attached hydrogens (tertiary/aromatic N) is 4. The Morgan fingerprint density at radius 1 is 1.24 bits per heavy atom. The molecular weight excluding hydrogens is 380 g/mol. The molecule has 4 aromatic rings. The van der Waals surface area contributed by atoms with E-state index in [0.717, 1.165) is 45.0 Å². The van der Waals surface area contributed by atoms with E-state index in [1.54, 1.807) is 0 Å². The van der Waals surface area contributed by atoms with Crippen LogP contribution in [0.5, 0.6) is 0 Å². The van der Waals surface area contributed by atoms with Crippen molar-refractivity contribution in [3.63, 3.8) is 0 Å². The molecule has 0 saturated carbocycles. The van der Waals surface area contributed by atoms with Crippen LogP contribution in [0.3, 0.4) is 0 Å². The molecule has 146 valence electrons. The number of aromatic nitrogens is 3. The molecule has 0 amide bonds. The number of thioether (sulfide) groups is 1. The fourth-order valence-corrected chi connectivity index (χ4v) is 4.68. The van der Waals surface area contributed by atoms with Gasteiger partial charge in [0, 0.05) is 24.0 Å². The third-order valence-corrected chi connectivity index (χ3v) is 6.55. The highest BCUT2D eigenvalue weighted by Gasteiger charge is 2.19. The summed E-state index contributed by atoms with van der Waals surface area (Å²) in [5.41, 5.74) is 6.85. The number of pyridine rings is 1. The quantitative estimate of drug-likeness (QED) is 0.353. The van der Waals surface area contributed by atoms with E-state index in [-0.39, 0.29) is 5.78 Å². The molecule has 3 heterocycles. The normalized spacial score (nSPS) is 11.3. The average Bonchev–Trinajstić information content (AvgIpc) is 3.24. The number of Topliss-reactive ketones (excluding diaryl/α,β-unsaturated/α-hetero) is 1. The smallest absolute Gasteiger partial charge is 0.174 e. The van der Waals surface area contributed by atoms with Gasteiger partial charge in [0.15, 0.2) is 11.4 Å². The van der Waals surface area contributed by atoms with Gasteiger partial charge in [-0.15, -0.1) is 0 Å². The third-order valence-electron chi connectivity index (χ3n) is 5.54. The molecule has 0 N–H and O–H groups in total. The maximum absolute atomic E-state index is 12.9. The van der Waals surface area contributed by atoms with Crippen LogP contribution in [0, 0.1) is 25.2 Å². The van der Waals surface area contributed by atoms with Gasteiger partial charge in [0.05, 0.1) is 27.4 Å². The molecule has 0 saturated heterocycles. The zero-order valence-electron chi connectivity index (χ0n) is 17.0. The summed E-state index contributed by atoms with van der Waals surface area (Å²) < 4.78 is 4.05. The lowest BCUT2D eigenvalue weighted by Crippen LogP contribution is -2.06. The van der Waals surface area contributed by atoms with Crippen LogP contribution >= 0.6 is 11.8 Å². The number of carbonyl (C=O) groups excluding carboxylic acids is 1. The lowest BCUT2D eigenvalue weighted by molar-refractivity contribution is 0.102. The first-order valence-corrected chi connectivity index (χ1v) is 10.6. The summed E-state index contributed by atoms with van der Waals surface area (Å²) in [6.07, 6.45) is 0.737.